The molecule has 4 heterocycles. The Balaban J connectivity index is 1.43. The predicted octanol–water partition coefficient (Wildman–Crippen LogP) is 2.76. The number of hydrogen-bond donors (Lipinski definition) is 0. The Morgan fingerprint density at radius 3 is 2.89 bits per heavy atom. The minimum atomic E-state index is -0.236. The van der Waals surface area contributed by atoms with Gasteiger partial charge in [0.15, 0.2) is 0 Å². The van der Waals surface area contributed by atoms with Gasteiger partial charge in [-0.2, -0.15) is 4.98 Å². The predicted molar refractivity (Wildman–Crippen MR) is 95.7 cm³/mol. The summed E-state index contributed by atoms with van der Waals surface area (Å²) >= 11 is 0. The van der Waals surface area contributed by atoms with E-state index in [1.807, 2.05) is 36.5 Å². The third-order valence-corrected chi connectivity index (χ3v) is 4.73. The van der Waals surface area contributed by atoms with Gasteiger partial charge in [0.1, 0.15) is 11.7 Å². The van der Waals surface area contributed by atoms with Crippen molar-refractivity contribution in [3.05, 3.63) is 66.6 Å². The Hall–Kier alpha value is -3.55. The fourth-order valence-corrected chi connectivity index (χ4v) is 3.42. The molecule has 0 aliphatic carbocycles. The third kappa shape index (κ3) is 2.75. The van der Waals surface area contributed by atoms with E-state index in [1.165, 1.54) is 0 Å². The summed E-state index contributed by atoms with van der Waals surface area (Å²) in [7, 11) is 0. The summed E-state index contributed by atoms with van der Waals surface area (Å²) in [5.74, 6) is 1.34. The van der Waals surface area contributed by atoms with Crippen LogP contribution in [0.15, 0.2) is 59.5 Å². The molecule has 1 aliphatic heterocycles. The minimum Gasteiger partial charge on any atom is -0.337 e. The molecular formula is C19H16N6O2. The van der Waals surface area contributed by atoms with Crippen molar-refractivity contribution in [2.24, 2.45) is 0 Å². The number of benzene rings is 1. The normalized spacial score (nSPS) is 16.9. The highest BCUT2D eigenvalue weighted by molar-refractivity contribution is 5.93. The summed E-state index contributed by atoms with van der Waals surface area (Å²) in [6, 6.07) is 11.2. The van der Waals surface area contributed by atoms with Crippen molar-refractivity contribution < 1.29 is 9.32 Å². The summed E-state index contributed by atoms with van der Waals surface area (Å²) in [5.41, 5.74) is 1.25. The SMILES string of the molecule is O=C(c1cn2cccnc2n1)N1CCC[C@@H]1c1nc(-c2ccccc2)no1. The van der Waals surface area contributed by atoms with Gasteiger partial charge in [-0.1, -0.05) is 35.5 Å². The number of carbonyl (C=O) groups is 1. The standard InChI is InChI=1S/C19H16N6O2/c26-18(14-12-24-10-5-9-20-19(24)21-14)25-11-4-8-15(25)17-22-16(23-27-17)13-6-2-1-3-7-13/h1-3,5-7,9-10,12,15H,4,8,11H2/t15-/m1/s1. The highest BCUT2D eigenvalue weighted by Crippen LogP contribution is 2.33. The maximum atomic E-state index is 13.0. The summed E-state index contributed by atoms with van der Waals surface area (Å²) < 4.78 is 7.22. The molecule has 1 fully saturated rings. The Morgan fingerprint density at radius 2 is 2.04 bits per heavy atom. The zero-order valence-electron chi connectivity index (χ0n) is 14.4. The van der Waals surface area contributed by atoms with E-state index in [1.54, 1.807) is 27.8 Å². The van der Waals surface area contributed by atoms with Gasteiger partial charge >= 0.3 is 0 Å². The Labute approximate surface area is 154 Å². The van der Waals surface area contributed by atoms with Crippen LogP contribution in [0.2, 0.25) is 0 Å². The number of imidazole rings is 1. The first-order valence-corrected chi connectivity index (χ1v) is 8.79. The van der Waals surface area contributed by atoms with Crippen molar-refractivity contribution in [2.75, 3.05) is 6.54 Å². The molecule has 3 aromatic heterocycles. The number of carbonyl (C=O) groups excluding carboxylic acids is 1. The smallest absolute Gasteiger partial charge is 0.274 e. The van der Waals surface area contributed by atoms with Crippen molar-refractivity contribution in [1.82, 2.24) is 29.4 Å². The van der Waals surface area contributed by atoms with Crippen molar-refractivity contribution >= 4 is 11.7 Å². The summed E-state index contributed by atoms with van der Waals surface area (Å²) in [6.07, 6.45) is 6.83. The van der Waals surface area contributed by atoms with Gasteiger partial charge < -0.3 is 9.42 Å². The van der Waals surface area contributed by atoms with Gasteiger partial charge in [-0.05, 0) is 18.9 Å². The van der Waals surface area contributed by atoms with Crippen LogP contribution in [0.5, 0.6) is 0 Å². The zero-order valence-corrected chi connectivity index (χ0v) is 14.4. The number of nitrogens with zero attached hydrogens (tertiary/aromatic N) is 6. The molecule has 8 nitrogen and oxygen atoms in total. The summed E-state index contributed by atoms with van der Waals surface area (Å²) in [4.78, 5) is 27.8. The lowest BCUT2D eigenvalue weighted by Gasteiger charge is -2.20. The molecule has 0 N–H and O–H groups in total. The molecule has 134 valence electrons. The maximum absolute atomic E-state index is 13.0. The first-order valence-electron chi connectivity index (χ1n) is 8.79. The molecule has 0 unspecified atom stereocenters. The van der Waals surface area contributed by atoms with E-state index in [2.05, 4.69) is 20.1 Å². The van der Waals surface area contributed by atoms with Crippen LogP contribution < -0.4 is 0 Å². The quantitative estimate of drug-likeness (QED) is 0.558. The first kappa shape index (κ1) is 15.7. The molecular weight excluding hydrogens is 344 g/mol. The molecule has 1 aliphatic rings. The van der Waals surface area contributed by atoms with Crippen molar-refractivity contribution in [3.8, 4) is 11.4 Å². The van der Waals surface area contributed by atoms with E-state index in [9.17, 15) is 4.79 Å². The Morgan fingerprint density at radius 1 is 1.15 bits per heavy atom. The molecule has 8 heteroatoms. The average Bonchev–Trinajstić information content (AvgIpc) is 3.46. The van der Waals surface area contributed by atoms with Gasteiger partial charge in [0.05, 0.1) is 0 Å². The van der Waals surface area contributed by atoms with Gasteiger partial charge in [0, 0.05) is 30.7 Å². The second kappa shape index (κ2) is 6.31. The second-order valence-electron chi connectivity index (χ2n) is 6.43. The van der Waals surface area contributed by atoms with E-state index in [0.29, 0.717) is 29.7 Å². The molecule has 0 spiro atoms. The highest BCUT2D eigenvalue weighted by atomic mass is 16.5. The molecule has 0 radical (unpaired) electrons. The largest absolute Gasteiger partial charge is 0.337 e. The van der Waals surface area contributed by atoms with Gasteiger partial charge in [0.25, 0.3) is 5.91 Å². The van der Waals surface area contributed by atoms with Crippen LogP contribution in [0.3, 0.4) is 0 Å². The lowest BCUT2D eigenvalue weighted by molar-refractivity contribution is 0.0705. The third-order valence-electron chi connectivity index (χ3n) is 4.73. The second-order valence-corrected chi connectivity index (χ2v) is 6.43. The van der Waals surface area contributed by atoms with Gasteiger partial charge in [-0.15, -0.1) is 0 Å². The molecule has 4 aromatic rings. The number of likely N-dealkylation sites (tertiary alicyclic amines) is 1. The lowest BCUT2D eigenvalue weighted by Crippen LogP contribution is -2.31. The molecule has 0 saturated carbocycles. The minimum absolute atomic E-state index is 0.150. The zero-order chi connectivity index (χ0) is 18.2. The molecule has 5 rings (SSSR count). The van der Waals surface area contributed by atoms with Crippen LogP contribution >= 0.6 is 0 Å². The first-order chi connectivity index (χ1) is 13.3. The van der Waals surface area contributed by atoms with E-state index in [0.717, 1.165) is 18.4 Å². The van der Waals surface area contributed by atoms with Crippen molar-refractivity contribution in [3.63, 3.8) is 0 Å². The molecule has 1 amide bonds. The van der Waals surface area contributed by atoms with Crippen LogP contribution in [0.25, 0.3) is 17.2 Å². The molecule has 0 bridgehead atoms. The van der Waals surface area contributed by atoms with Crippen LogP contribution in [0, 0.1) is 0 Å². The van der Waals surface area contributed by atoms with Crippen molar-refractivity contribution in [2.45, 2.75) is 18.9 Å². The molecule has 1 atom stereocenters. The van der Waals surface area contributed by atoms with Crippen LogP contribution in [0.4, 0.5) is 0 Å². The molecule has 1 saturated heterocycles. The van der Waals surface area contributed by atoms with Crippen LogP contribution in [-0.4, -0.2) is 41.9 Å². The van der Waals surface area contributed by atoms with Gasteiger partial charge in [0.2, 0.25) is 17.5 Å². The molecule has 1 aromatic carbocycles. The number of aromatic nitrogens is 5. The average molecular weight is 360 g/mol. The van der Waals surface area contributed by atoms with Crippen LogP contribution in [0.1, 0.15) is 35.3 Å². The van der Waals surface area contributed by atoms with E-state index in [-0.39, 0.29) is 11.9 Å². The molecule has 27 heavy (non-hydrogen) atoms. The number of rotatable bonds is 3. The Kier molecular flexibility index (Phi) is 3.67. The highest BCUT2D eigenvalue weighted by Gasteiger charge is 2.35. The maximum Gasteiger partial charge on any atom is 0.274 e. The summed E-state index contributed by atoms with van der Waals surface area (Å²) in [5, 5.41) is 4.08. The number of fused-ring (bicyclic) bond motifs is 1. The van der Waals surface area contributed by atoms with Crippen molar-refractivity contribution in [1.29, 1.82) is 0 Å². The van der Waals surface area contributed by atoms with Gasteiger partial charge in [-0.25, -0.2) is 9.97 Å². The van der Waals surface area contributed by atoms with E-state index < -0.39 is 0 Å². The number of hydrogen-bond acceptors (Lipinski definition) is 6. The fraction of sp³-hybridized carbons (Fsp3) is 0.211. The van der Waals surface area contributed by atoms with E-state index >= 15 is 0 Å². The number of amides is 1. The van der Waals surface area contributed by atoms with Crippen LogP contribution in [-0.2, 0) is 0 Å². The lowest BCUT2D eigenvalue weighted by atomic mass is 10.2. The van der Waals surface area contributed by atoms with E-state index in [4.69, 9.17) is 4.52 Å². The Bertz CT molecular complexity index is 1070. The van der Waals surface area contributed by atoms with Gasteiger partial charge in [-0.3, -0.25) is 9.20 Å². The monoisotopic (exact) mass is 360 g/mol. The topological polar surface area (TPSA) is 89.4 Å². The summed E-state index contributed by atoms with van der Waals surface area (Å²) in [6.45, 7) is 0.633. The fourth-order valence-electron chi connectivity index (χ4n) is 3.42.